The van der Waals surface area contributed by atoms with Crippen LogP contribution < -0.4 is 16.0 Å². The second-order valence-corrected chi connectivity index (χ2v) is 7.02. The van der Waals surface area contributed by atoms with E-state index < -0.39 is 0 Å². The van der Waals surface area contributed by atoms with Gasteiger partial charge in [0.1, 0.15) is 0 Å². The van der Waals surface area contributed by atoms with Gasteiger partial charge in [0.2, 0.25) is 0 Å². The summed E-state index contributed by atoms with van der Waals surface area (Å²) in [7, 11) is 3.39. The first-order valence-corrected chi connectivity index (χ1v) is 9.28. The molecule has 0 saturated heterocycles. The Balaban J connectivity index is 1.80. The third-order valence-corrected chi connectivity index (χ3v) is 5.10. The molecule has 24 heavy (non-hydrogen) atoms. The third kappa shape index (κ3) is 5.65. The number of carbonyl (C=O) groups excluding carboxylic acids is 1. The van der Waals surface area contributed by atoms with Crippen molar-refractivity contribution >= 4 is 39.1 Å². The Bertz CT molecular complexity index is 714. The fraction of sp³-hybridized carbons (Fsp3) is 0.294. The SMILES string of the molecule is CN=C(NCCc1cccc(C(=O)NC)c1)NCc1cc(Br)cs1. The number of aliphatic imine (C=N–C) groups is 1. The van der Waals surface area contributed by atoms with Gasteiger partial charge in [-0.3, -0.25) is 9.79 Å². The van der Waals surface area contributed by atoms with Crippen LogP contribution >= 0.6 is 27.3 Å². The molecule has 0 aliphatic carbocycles. The van der Waals surface area contributed by atoms with Crippen LogP contribution in [-0.4, -0.2) is 32.5 Å². The molecule has 0 aliphatic rings. The Kier molecular flexibility index (Phi) is 7.27. The highest BCUT2D eigenvalue weighted by atomic mass is 79.9. The van der Waals surface area contributed by atoms with Gasteiger partial charge in [0, 0.05) is 40.9 Å². The number of halogens is 1. The van der Waals surface area contributed by atoms with Gasteiger partial charge in [0.05, 0.1) is 6.54 Å². The molecule has 128 valence electrons. The van der Waals surface area contributed by atoms with Gasteiger partial charge in [-0.15, -0.1) is 11.3 Å². The van der Waals surface area contributed by atoms with Gasteiger partial charge in [-0.1, -0.05) is 12.1 Å². The number of guanidine groups is 1. The van der Waals surface area contributed by atoms with Crippen LogP contribution in [0.4, 0.5) is 0 Å². The van der Waals surface area contributed by atoms with E-state index in [2.05, 4.69) is 48.3 Å². The molecule has 0 unspecified atom stereocenters. The van der Waals surface area contributed by atoms with Crippen LogP contribution in [0.5, 0.6) is 0 Å². The Morgan fingerprint density at radius 3 is 2.79 bits per heavy atom. The Labute approximate surface area is 154 Å². The number of benzene rings is 1. The molecule has 1 amide bonds. The normalized spacial score (nSPS) is 11.2. The summed E-state index contributed by atoms with van der Waals surface area (Å²) in [6.45, 7) is 1.48. The van der Waals surface area contributed by atoms with E-state index in [1.807, 2.05) is 24.3 Å². The van der Waals surface area contributed by atoms with E-state index in [9.17, 15) is 4.79 Å². The van der Waals surface area contributed by atoms with Crippen molar-refractivity contribution in [2.24, 2.45) is 4.99 Å². The van der Waals surface area contributed by atoms with Gasteiger partial charge >= 0.3 is 0 Å². The summed E-state index contributed by atoms with van der Waals surface area (Å²) < 4.78 is 1.10. The van der Waals surface area contributed by atoms with Crippen LogP contribution in [0.25, 0.3) is 0 Å². The number of amides is 1. The van der Waals surface area contributed by atoms with Crippen molar-refractivity contribution in [2.45, 2.75) is 13.0 Å². The van der Waals surface area contributed by atoms with Crippen molar-refractivity contribution < 1.29 is 4.79 Å². The molecule has 5 nitrogen and oxygen atoms in total. The molecule has 0 atom stereocenters. The van der Waals surface area contributed by atoms with E-state index in [1.54, 1.807) is 25.4 Å². The highest BCUT2D eigenvalue weighted by Crippen LogP contribution is 2.19. The first kappa shape index (κ1) is 18.5. The lowest BCUT2D eigenvalue weighted by atomic mass is 10.1. The second kappa shape index (κ2) is 9.44. The summed E-state index contributed by atoms with van der Waals surface area (Å²) >= 11 is 5.15. The smallest absolute Gasteiger partial charge is 0.251 e. The van der Waals surface area contributed by atoms with Gasteiger partial charge in [0.15, 0.2) is 5.96 Å². The van der Waals surface area contributed by atoms with Crippen LogP contribution in [0, 0.1) is 0 Å². The molecule has 1 aromatic heterocycles. The van der Waals surface area contributed by atoms with Crippen molar-refractivity contribution in [2.75, 3.05) is 20.6 Å². The molecule has 0 spiro atoms. The summed E-state index contributed by atoms with van der Waals surface area (Å²) in [5.41, 5.74) is 1.79. The molecule has 0 bridgehead atoms. The minimum absolute atomic E-state index is 0.0654. The van der Waals surface area contributed by atoms with E-state index in [0.29, 0.717) is 5.56 Å². The molecule has 7 heteroatoms. The minimum atomic E-state index is -0.0654. The maximum atomic E-state index is 11.7. The molecule has 0 saturated carbocycles. The molecule has 0 aliphatic heterocycles. The molecule has 3 N–H and O–H groups in total. The molecule has 1 aromatic carbocycles. The number of nitrogens with zero attached hydrogens (tertiary/aromatic N) is 1. The van der Waals surface area contributed by atoms with E-state index in [-0.39, 0.29) is 5.91 Å². The van der Waals surface area contributed by atoms with Gasteiger partial charge in [-0.2, -0.15) is 0 Å². The third-order valence-electron chi connectivity index (χ3n) is 3.40. The molecule has 2 rings (SSSR count). The number of hydrogen-bond donors (Lipinski definition) is 3. The average Bonchev–Trinajstić information content (AvgIpc) is 3.02. The van der Waals surface area contributed by atoms with Crippen LogP contribution in [0.2, 0.25) is 0 Å². The summed E-state index contributed by atoms with van der Waals surface area (Å²) in [4.78, 5) is 17.1. The Morgan fingerprint density at radius 1 is 1.29 bits per heavy atom. The molecular formula is C17H21BrN4OS. The van der Waals surface area contributed by atoms with Crippen LogP contribution in [0.15, 0.2) is 45.2 Å². The van der Waals surface area contributed by atoms with E-state index in [1.165, 1.54) is 4.88 Å². The topological polar surface area (TPSA) is 65.5 Å². The van der Waals surface area contributed by atoms with Crippen molar-refractivity contribution in [1.29, 1.82) is 0 Å². The van der Waals surface area contributed by atoms with Crippen molar-refractivity contribution in [3.05, 3.63) is 56.2 Å². The van der Waals surface area contributed by atoms with Crippen LogP contribution in [-0.2, 0) is 13.0 Å². The maximum Gasteiger partial charge on any atom is 0.251 e. The van der Waals surface area contributed by atoms with E-state index >= 15 is 0 Å². The molecule has 0 radical (unpaired) electrons. The fourth-order valence-corrected chi connectivity index (χ4v) is 3.57. The number of carbonyl (C=O) groups is 1. The van der Waals surface area contributed by atoms with Crippen molar-refractivity contribution in [1.82, 2.24) is 16.0 Å². The number of nitrogens with one attached hydrogen (secondary N) is 3. The first-order valence-electron chi connectivity index (χ1n) is 7.61. The zero-order valence-corrected chi connectivity index (χ0v) is 16.1. The highest BCUT2D eigenvalue weighted by molar-refractivity contribution is 9.10. The lowest BCUT2D eigenvalue weighted by Crippen LogP contribution is -2.37. The average molecular weight is 409 g/mol. The Morgan fingerprint density at radius 2 is 2.12 bits per heavy atom. The second-order valence-electron chi connectivity index (χ2n) is 5.11. The monoisotopic (exact) mass is 408 g/mol. The molecular weight excluding hydrogens is 388 g/mol. The largest absolute Gasteiger partial charge is 0.356 e. The van der Waals surface area contributed by atoms with Crippen LogP contribution in [0.3, 0.4) is 0 Å². The van der Waals surface area contributed by atoms with Crippen molar-refractivity contribution in [3.63, 3.8) is 0 Å². The van der Waals surface area contributed by atoms with E-state index in [0.717, 1.165) is 35.5 Å². The standard InChI is InChI=1S/C17H21BrN4OS/c1-19-16(23)13-5-3-4-12(8-13)6-7-21-17(20-2)22-10-15-9-14(18)11-24-15/h3-5,8-9,11H,6-7,10H2,1-2H3,(H,19,23)(H2,20,21,22). The highest BCUT2D eigenvalue weighted by Gasteiger charge is 2.04. The van der Waals surface area contributed by atoms with Crippen molar-refractivity contribution in [3.8, 4) is 0 Å². The Hall–Kier alpha value is -1.86. The predicted molar refractivity (Wildman–Crippen MR) is 104 cm³/mol. The van der Waals surface area contributed by atoms with Crippen LogP contribution in [0.1, 0.15) is 20.8 Å². The number of thiophene rings is 1. The number of hydrogen-bond acceptors (Lipinski definition) is 3. The molecule has 2 aromatic rings. The zero-order valence-electron chi connectivity index (χ0n) is 13.7. The fourth-order valence-electron chi connectivity index (χ4n) is 2.18. The molecule has 1 heterocycles. The van der Waals surface area contributed by atoms with E-state index in [4.69, 9.17) is 0 Å². The zero-order chi connectivity index (χ0) is 17.4. The summed E-state index contributed by atoms with van der Waals surface area (Å²) in [6, 6.07) is 9.75. The van der Waals surface area contributed by atoms with Gasteiger partial charge in [-0.05, 0) is 46.1 Å². The maximum absolute atomic E-state index is 11.7. The first-order chi connectivity index (χ1) is 11.6. The number of rotatable bonds is 6. The van der Waals surface area contributed by atoms with Gasteiger partial charge in [-0.25, -0.2) is 0 Å². The van der Waals surface area contributed by atoms with Gasteiger partial charge < -0.3 is 16.0 Å². The quantitative estimate of drug-likeness (QED) is 0.508. The minimum Gasteiger partial charge on any atom is -0.356 e. The lowest BCUT2D eigenvalue weighted by Gasteiger charge is -2.11. The summed E-state index contributed by atoms with van der Waals surface area (Å²) in [5, 5.41) is 11.3. The van der Waals surface area contributed by atoms with Gasteiger partial charge in [0.25, 0.3) is 5.91 Å². The predicted octanol–water partition coefficient (Wildman–Crippen LogP) is 2.78. The molecule has 0 fully saturated rings. The lowest BCUT2D eigenvalue weighted by molar-refractivity contribution is 0.0963. The summed E-state index contributed by atoms with van der Waals surface area (Å²) in [5.74, 6) is 0.700. The summed E-state index contributed by atoms with van der Waals surface area (Å²) in [6.07, 6.45) is 0.816.